The summed E-state index contributed by atoms with van der Waals surface area (Å²) >= 11 is 1.81. The molecule has 0 fully saturated rings. The van der Waals surface area contributed by atoms with Crippen molar-refractivity contribution in [2.45, 2.75) is 26.3 Å². The monoisotopic (exact) mass is 312 g/mol. The summed E-state index contributed by atoms with van der Waals surface area (Å²) in [7, 11) is 0. The van der Waals surface area contributed by atoms with E-state index >= 15 is 0 Å². The Labute approximate surface area is 127 Å². The van der Waals surface area contributed by atoms with E-state index in [0.717, 1.165) is 24.0 Å². The van der Waals surface area contributed by atoms with Gasteiger partial charge in [-0.2, -0.15) is 11.8 Å². The van der Waals surface area contributed by atoms with Crippen molar-refractivity contribution < 1.29 is 19.8 Å². The molecule has 6 nitrogen and oxygen atoms in total. The fraction of sp³-hybridized carbons (Fsp3) is 0.429. The normalized spacial score (nSPS) is 11.7. The fourth-order valence-corrected chi connectivity index (χ4v) is 2.44. The topological polar surface area (TPSA) is 98.7 Å². The molecule has 0 saturated heterocycles. The quantitative estimate of drug-likeness (QED) is 0.458. The molecule has 1 atom stereocenters. The highest BCUT2D eigenvalue weighted by Gasteiger charge is 2.11. The number of rotatable bonds is 7. The van der Waals surface area contributed by atoms with Crippen LogP contribution in [0.25, 0.3) is 0 Å². The van der Waals surface area contributed by atoms with Gasteiger partial charge in [-0.25, -0.2) is 9.59 Å². The first kappa shape index (κ1) is 17.2. The Morgan fingerprint density at radius 2 is 2.10 bits per heavy atom. The third-order valence-electron chi connectivity index (χ3n) is 2.77. The van der Waals surface area contributed by atoms with Crippen molar-refractivity contribution in [3.05, 3.63) is 23.8 Å². The highest BCUT2D eigenvalue weighted by Crippen LogP contribution is 2.24. The Morgan fingerprint density at radius 1 is 1.38 bits per heavy atom. The van der Waals surface area contributed by atoms with Gasteiger partial charge in [0.2, 0.25) is 0 Å². The van der Waals surface area contributed by atoms with E-state index in [-0.39, 0.29) is 23.0 Å². The molecule has 0 aliphatic carbocycles. The zero-order chi connectivity index (χ0) is 15.8. The molecule has 21 heavy (non-hydrogen) atoms. The van der Waals surface area contributed by atoms with E-state index in [4.69, 9.17) is 5.11 Å². The lowest BCUT2D eigenvalue weighted by molar-refractivity contribution is 0.0696. The maximum absolute atomic E-state index is 11.8. The molecule has 0 saturated carbocycles. The van der Waals surface area contributed by atoms with Crippen LogP contribution in [0.2, 0.25) is 0 Å². The number of phenols is 1. The average Bonchev–Trinajstić information content (AvgIpc) is 2.41. The van der Waals surface area contributed by atoms with Gasteiger partial charge in [-0.1, -0.05) is 6.92 Å². The number of thioether (sulfide) groups is 1. The number of hydrogen-bond donors (Lipinski definition) is 4. The third kappa shape index (κ3) is 5.95. The Morgan fingerprint density at radius 3 is 2.67 bits per heavy atom. The number of hydrogen-bond acceptors (Lipinski definition) is 4. The number of carbonyl (C=O) groups is 2. The minimum atomic E-state index is -1.14. The molecule has 0 radical (unpaired) electrons. The van der Waals surface area contributed by atoms with Crippen LogP contribution in [0, 0.1) is 0 Å². The summed E-state index contributed by atoms with van der Waals surface area (Å²) in [6, 6.07) is 3.36. The Hall–Kier alpha value is -1.89. The van der Waals surface area contributed by atoms with Gasteiger partial charge in [0, 0.05) is 6.04 Å². The van der Waals surface area contributed by atoms with Gasteiger partial charge in [0.1, 0.15) is 5.75 Å². The number of nitrogens with one attached hydrogen (secondary N) is 2. The van der Waals surface area contributed by atoms with Gasteiger partial charge in [-0.15, -0.1) is 0 Å². The van der Waals surface area contributed by atoms with Gasteiger partial charge in [0.25, 0.3) is 0 Å². The molecular formula is C14H20N2O4S. The SMILES string of the molecule is CCSCCC(C)NC(=O)Nc1ccc(C(=O)O)cc1O. The highest BCUT2D eigenvalue weighted by molar-refractivity contribution is 7.99. The number of carbonyl (C=O) groups excluding carboxylic acids is 1. The molecular weight excluding hydrogens is 292 g/mol. The molecule has 7 heteroatoms. The summed E-state index contributed by atoms with van der Waals surface area (Å²) in [6.07, 6.45) is 0.857. The third-order valence-corrected chi connectivity index (χ3v) is 3.70. The van der Waals surface area contributed by atoms with Crippen molar-refractivity contribution in [2.75, 3.05) is 16.8 Å². The Balaban J connectivity index is 2.53. The summed E-state index contributed by atoms with van der Waals surface area (Å²) in [5, 5.41) is 23.7. The number of aromatic hydroxyl groups is 1. The lowest BCUT2D eigenvalue weighted by Crippen LogP contribution is -2.36. The first-order chi connectivity index (χ1) is 9.93. The predicted octanol–water partition coefficient (Wildman–Crippen LogP) is 2.74. The van der Waals surface area contributed by atoms with Crippen LogP contribution in [0.3, 0.4) is 0 Å². The first-order valence-corrected chi connectivity index (χ1v) is 7.81. The van der Waals surface area contributed by atoms with Gasteiger partial charge in [-0.3, -0.25) is 0 Å². The lowest BCUT2D eigenvalue weighted by Gasteiger charge is -2.15. The van der Waals surface area contributed by atoms with Gasteiger partial charge < -0.3 is 20.8 Å². The fourth-order valence-electron chi connectivity index (χ4n) is 1.63. The standard InChI is InChI=1S/C14H20N2O4S/c1-3-21-7-6-9(2)15-14(20)16-11-5-4-10(13(18)19)8-12(11)17/h4-5,8-9,17H,3,6-7H2,1-2H3,(H,18,19)(H2,15,16,20). The number of aromatic carboxylic acids is 1. The summed E-state index contributed by atoms with van der Waals surface area (Å²) < 4.78 is 0. The number of carboxylic acid groups (broad SMARTS) is 1. The van der Waals surface area contributed by atoms with Crippen molar-refractivity contribution in [2.24, 2.45) is 0 Å². The molecule has 0 bridgehead atoms. The van der Waals surface area contributed by atoms with Crippen molar-refractivity contribution in [1.82, 2.24) is 5.32 Å². The summed E-state index contributed by atoms with van der Waals surface area (Å²) in [4.78, 5) is 22.5. The predicted molar refractivity (Wildman–Crippen MR) is 84.3 cm³/mol. The van der Waals surface area contributed by atoms with E-state index in [0.29, 0.717) is 0 Å². The molecule has 2 amide bonds. The molecule has 1 unspecified atom stereocenters. The Bertz CT molecular complexity index is 508. The van der Waals surface area contributed by atoms with E-state index < -0.39 is 12.0 Å². The highest BCUT2D eigenvalue weighted by atomic mass is 32.2. The van der Waals surface area contributed by atoms with Crippen molar-refractivity contribution >= 4 is 29.4 Å². The Kier molecular flexibility index (Phi) is 6.87. The minimum Gasteiger partial charge on any atom is -0.506 e. The molecule has 0 aliphatic heterocycles. The molecule has 0 spiro atoms. The van der Waals surface area contributed by atoms with Gasteiger partial charge in [0.15, 0.2) is 0 Å². The second kappa shape index (κ2) is 8.41. The largest absolute Gasteiger partial charge is 0.506 e. The number of benzene rings is 1. The zero-order valence-corrected chi connectivity index (χ0v) is 12.9. The number of urea groups is 1. The van der Waals surface area contributed by atoms with Crippen LogP contribution in [-0.2, 0) is 0 Å². The molecule has 0 heterocycles. The zero-order valence-electron chi connectivity index (χ0n) is 12.0. The summed E-state index contributed by atoms with van der Waals surface area (Å²) in [5.74, 6) is 0.599. The van der Waals surface area contributed by atoms with Crippen molar-refractivity contribution in [3.63, 3.8) is 0 Å². The van der Waals surface area contributed by atoms with E-state index in [9.17, 15) is 14.7 Å². The van der Waals surface area contributed by atoms with Gasteiger partial charge in [0.05, 0.1) is 11.3 Å². The summed E-state index contributed by atoms with van der Waals surface area (Å²) in [6.45, 7) is 3.99. The van der Waals surface area contributed by atoms with E-state index in [1.165, 1.54) is 12.1 Å². The second-order valence-electron chi connectivity index (χ2n) is 4.52. The molecule has 4 N–H and O–H groups in total. The lowest BCUT2D eigenvalue weighted by atomic mass is 10.2. The van der Waals surface area contributed by atoms with Crippen LogP contribution >= 0.6 is 11.8 Å². The molecule has 1 aromatic rings. The maximum atomic E-state index is 11.8. The summed E-state index contributed by atoms with van der Waals surface area (Å²) in [5.41, 5.74) is 0.135. The minimum absolute atomic E-state index is 0.0180. The van der Waals surface area contributed by atoms with Crippen molar-refractivity contribution in [1.29, 1.82) is 0 Å². The molecule has 116 valence electrons. The van der Waals surface area contributed by atoms with Gasteiger partial charge in [-0.05, 0) is 43.0 Å². The number of amides is 2. The van der Waals surface area contributed by atoms with E-state index in [1.54, 1.807) is 11.8 Å². The molecule has 0 aromatic heterocycles. The smallest absolute Gasteiger partial charge is 0.335 e. The number of phenolic OH excluding ortho intramolecular Hbond substituents is 1. The van der Waals surface area contributed by atoms with Crippen molar-refractivity contribution in [3.8, 4) is 5.75 Å². The number of carboxylic acids is 1. The number of anilines is 1. The maximum Gasteiger partial charge on any atom is 0.335 e. The average molecular weight is 312 g/mol. The van der Waals surface area contributed by atoms with Crippen LogP contribution in [0.5, 0.6) is 5.75 Å². The van der Waals surface area contributed by atoms with Crippen LogP contribution in [0.4, 0.5) is 10.5 Å². The second-order valence-corrected chi connectivity index (χ2v) is 5.92. The van der Waals surface area contributed by atoms with Crippen LogP contribution < -0.4 is 10.6 Å². The first-order valence-electron chi connectivity index (χ1n) is 6.65. The molecule has 0 aliphatic rings. The van der Waals surface area contributed by atoms with Crippen LogP contribution in [-0.4, -0.2) is 39.8 Å². The van der Waals surface area contributed by atoms with Gasteiger partial charge >= 0.3 is 12.0 Å². The van der Waals surface area contributed by atoms with Crippen LogP contribution in [0.15, 0.2) is 18.2 Å². The van der Waals surface area contributed by atoms with Crippen LogP contribution in [0.1, 0.15) is 30.6 Å². The van der Waals surface area contributed by atoms with E-state index in [2.05, 4.69) is 17.6 Å². The molecule has 1 rings (SSSR count). The molecule has 1 aromatic carbocycles. The van der Waals surface area contributed by atoms with E-state index in [1.807, 2.05) is 6.92 Å².